The molecule has 0 aromatic carbocycles. The summed E-state index contributed by atoms with van der Waals surface area (Å²) in [6, 6.07) is 0. The maximum Gasteiger partial charge on any atom is 0.281 e. The summed E-state index contributed by atoms with van der Waals surface area (Å²) in [6.45, 7) is 19.4. The minimum Gasteiger partial charge on any atom is -0.281 e. The van der Waals surface area contributed by atoms with E-state index >= 15 is 0 Å². The van der Waals surface area contributed by atoms with Crippen LogP contribution < -0.4 is 0 Å². The van der Waals surface area contributed by atoms with Gasteiger partial charge < -0.3 is 0 Å². The molecular formula is C6H3FeO5. The average molecular weight is 211 g/mol. The molecule has 65 valence electrons. The third-order valence-electron chi connectivity index (χ3n) is 0. The summed E-state index contributed by atoms with van der Waals surface area (Å²) >= 11 is 3.00. The smallest absolute Gasteiger partial charge is 0.281 e. The molecule has 0 N–H and O–H groups in total. The zero-order valence-corrected chi connectivity index (χ0v) is 7.00. The van der Waals surface area contributed by atoms with E-state index in [0.29, 0.717) is 0 Å². The van der Waals surface area contributed by atoms with Gasteiger partial charge in [0.1, 0.15) is 0 Å². The standard InChI is InChI=1S/C2H3O.4CO.Fe/c1-2-3;4*1-2;/h1H3;;;;;. The van der Waals surface area contributed by atoms with Crippen LogP contribution in [0.3, 0.4) is 0 Å². The van der Waals surface area contributed by atoms with Gasteiger partial charge in [0.15, 0.2) is 0 Å². The molecule has 0 heterocycles. The van der Waals surface area contributed by atoms with E-state index in [1.807, 2.05) is 0 Å². The van der Waals surface area contributed by atoms with Gasteiger partial charge in [-0.2, -0.15) is 0 Å². The average Bonchev–Trinajstić information content (AvgIpc) is 2.16. The number of carbonyl (C=O) groups excluding carboxylic acids is 5. The molecule has 0 aliphatic heterocycles. The monoisotopic (exact) mass is 211 g/mol. The molecule has 0 bridgehead atoms. The Morgan fingerprint density at radius 2 is 0.833 bits per heavy atom. The van der Waals surface area contributed by atoms with Gasteiger partial charge in [-0.05, 0) is 0 Å². The zero-order valence-electron chi connectivity index (χ0n) is 5.89. The molecule has 6 heteroatoms. The molecule has 0 rings (SSSR count). The molecule has 0 unspecified atom stereocenters. The molecule has 0 spiro atoms. The van der Waals surface area contributed by atoms with Crippen molar-refractivity contribution in [2.75, 3.05) is 0 Å². The molecule has 8 radical (unpaired) electrons. The van der Waals surface area contributed by atoms with Crippen LogP contribution >= 0.6 is 0 Å². The van der Waals surface area contributed by atoms with Gasteiger partial charge in [-0.25, -0.2) is 0 Å². The summed E-state index contributed by atoms with van der Waals surface area (Å²) in [5.41, 5.74) is 0. The van der Waals surface area contributed by atoms with Gasteiger partial charge in [0, 0.05) is 0 Å². The van der Waals surface area contributed by atoms with E-state index in [0.717, 1.165) is 0 Å². The van der Waals surface area contributed by atoms with Gasteiger partial charge in [-0.3, -0.25) is 19.2 Å². The van der Waals surface area contributed by atoms with Crippen molar-refractivity contribution in [3.63, 3.8) is 0 Å². The Bertz CT molecular complexity index is 66.3. The Balaban J connectivity index is -0.0000000181. The first-order valence-corrected chi connectivity index (χ1v) is 2.25. The number of rotatable bonds is 0. The Morgan fingerprint density at radius 3 is 0.833 bits per heavy atom. The third kappa shape index (κ3) is 430. The first-order valence-electron chi connectivity index (χ1n) is 1.70. The van der Waals surface area contributed by atoms with Crippen molar-refractivity contribution < 1.29 is 40.0 Å². The van der Waals surface area contributed by atoms with Gasteiger partial charge in [0.05, 0.1) is 0 Å². The summed E-state index contributed by atoms with van der Waals surface area (Å²) in [6.07, 6.45) is 0. The Labute approximate surface area is 79.3 Å². The van der Waals surface area contributed by atoms with Crippen LogP contribution in [-0.4, -0.2) is 31.8 Å². The fourth-order valence-corrected chi connectivity index (χ4v) is 0. The van der Waals surface area contributed by atoms with Crippen LogP contribution in [0.25, 0.3) is 0 Å². The first kappa shape index (κ1) is 30.7. The summed E-state index contributed by atoms with van der Waals surface area (Å²) in [5, 5.41) is 0. The van der Waals surface area contributed by atoms with Crippen molar-refractivity contribution in [1.82, 2.24) is 0 Å². The van der Waals surface area contributed by atoms with Crippen LogP contribution in [0.1, 0.15) is 6.92 Å². The molecule has 0 saturated carbocycles. The molecule has 0 aliphatic carbocycles. The molecule has 0 aromatic rings. The second-order valence-electron chi connectivity index (χ2n) is 0.453. The molecule has 0 aromatic heterocycles. The van der Waals surface area contributed by atoms with E-state index in [2.05, 4.69) is 43.2 Å². The van der Waals surface area contributed by atoms with E-state index < -0.39 is 0 Å². The zero-order chi connectivity index (χ0) is 11.6. The van der Waals surface area contributed by atoms with Crippen LogP contribution in [0.4, 0.5) is 0 Å². The predicted octanol–water partition coefficient (Wildman–Crippen LogP) is -1.51. The molecular weight excluding hydrogens is 208 g/mol. The van der Waals surface area contributed by atoms with E-state index in [1.54, 1.807) is 0 Å². The normalized spacial score (nSPS) is 3.50. The topological polar surface area (TPSA) is 85.3 Å². The minimum absolute atomic E-state index is 0.0833. The Hall–Kier alpha value is -1.13. The van der Waals surface area contributed by atoms with Crippen LogP contribution in [0.5, 0.6) is 0 Å². The first-order chi connectivity index (χ1) is 5.73. The van der Waals surface area contributed by atoms with Gasteiger partial charge in [0.2, 0.25) is 0 Å². The summed E-state index contributed by atoms with van der Waals surface area (Å²) < 4.78 is -0.0833. The van der Waals surface area contributed by atoms with Crippen LogP contribution in [0.15, 0.2) is 0 Å². The molecule has 5 nitrogen and oxygen atoms in total. The fraction of sp³-hybridized carbons (Fsp3) is 0.167. The van der Waals surface area contributed by atoms with Gasteiger partial charge in [-0.15, -0.1) is 0 Å². The van der Waals surface area contributed by atoms with Crippen molar-refractivity contribution in [3.05, 3.63) is 0 Å². The Kier molecular flexibility index (Phi) is 569. The van der Waals surface area contributed by atoms with Gasteiger partial charge in [0.25, 0.3) is 27.2 Å². The number of hydrogen-bond acceptors (Lipinski definition) is 5. The van der Waals surface area contributed by atoms with Crippen molar-refractivity contribution in [2.45, 2.75) is 6.92 Å². The number of hydrogen-bond donors (Lipinski definition) is 0. The predicted molar refractivity (Wildman–Crippen MR) is 33.5 cm³/mol. The van der Waals surface area contributed by atoms with Crippen molar-refractivity contribution in [2.24, 2.45) is 0 Å². The van der Waals surface area contributed by atoms with Crippen LogP contribution in [0.2, 0.25) is 0 Å². The number of carbonyl (C=O) groups is 1. The maximum absolute atomic E-state index is 9.33. The van der Waals surface area contributed by atoms with Crippen molar-refractivity contribution in [3.8, 4) is 0 Å². The second-order valence-corrected chi connectivity index (χ2v) is 1.23. The SMILES string of the molecule is C[C](=O)[Fe].[C]=O.[C]=O.[C]=O.[C]=O. The Morgan fingerprint density at radius 1 is 0.833 bits per heavy atom. The molecule has 0 saturated heterocycles. The van der Waals surface area contributed by atoms with E-state index in [-0.39, 0.29) is 4.68 Å². The fourth-order valence-electron chi connectivity index (χ4n) is 0. The quantitative estimate of drug-likeness (QED) is 0.454. The van der Waals surface area contributed by atoms with Crippen molar-refractivity contribution in [1.29, 1.82) is 0 Å². The summed E-state index contributed by atoms with van der Waals surface area (Å²) in [7, 11) is 0. The summed E-state index contributed by atoms with van der Waals surface area (Å²) in [5.74, 6) is 0. The second kappa shape index (κ2) is 222. The third-order valence-corrected chi connectivity index (χ3v) is 0. The van der Waals surface area contributed by atoms with Crippen LogP contribution in [0, 0.1) is 0 Å². The van der Waals surface area contributed by atoms with Crippen LogP contribution in [-0.2, 0) is 40.0 Å². The summed E-state index contributed by atoms with van der Waals surface area (Å²) in [4.78, 5) is 39.3. The van der Waals surface area contributed by atoms with Gasteiger partial charge in [-0.1, -0.05) is 0 Å². The molecule has 0 amide bonds. The maximum atomic E-state index is 9.33. The van der Waals surface area contributed by atoms with E-state index in [1.165, 1.54) is 6.92 Å². The molecule has 0 fully saturated rings. The molecule has 0 atom stereocenters. The van der Waals surface area contributed by atoms with E-state index in [9.17, 15) is 4.79 Å². The van der Waals surface area contributed by atoms with Crippen molar-refractivity contribution >= 4 is 31.8 Å². The molecule has 12 heavy (non-hydrogen) atoms. The van der Waals surface area contributed by atoms with E-state index in [4.69, 9.17) is 19.2 Å². The largest absolute Gasteiger partial charge is 0.281 e. The van der Waals surface area contributed by atoms with Gasteiger partial charge >= 0.3 is 32.4 Å². The molecule has 0 aliphatic rings. The minimum atomic E-state index is -0.0833.